The topological polar surface area (TPSA) is 32.3 Å². The van der Waals surface area contributed by atoms with Crippen molar-refractivity contribution >= 4 is 22.9 Å². The zero-order chi connectivity index (χ0) is 13.0. The summed E-state index contributed by atoms with van der Waals surface area (Å²) in [7, 11) is 0. The molecule has 2 rings (SSSR count). The molecule has 0 amide bonds. The lowest BCUT2D eigenvalue weighted by molar-refractivity contribution is 0.174. The molecule has 1 unspecified atom stereocenters. The molecule has 1 aromatic heterocycles. The molecular formula is C13H13ClFNOS. The Balaban J connectivity index is 1.87. The van der Waals surface area contributed by atoms with Crippen LogP contribution in [0.4, 0.5) is 4.39 Å². The number of rotatable bonds is 5. The van der Waals surface area contributed by atoms with Crippen LogP contribution in [0.5, 0.6) is 0 Å². The van der Waals surface area contributed by atoms with Gasteiger partial charge in [-0.2, -0.15) is 11.3 Å². The fourth-order valence-corrected chi connectivity index (χ4v) is 2.51. The quantitative estimate of drug-likeness (QED) is 0.883. The van der Waals surface area contributed by atoms with Crippen molar-refractivity contribution in [2.24, 2.45) is 0 Å². The second kappa shape index (κ2) is 6.29. The van der Waals surface area contributed by atoms with Gasteiger partial charge in [0.2, 0.25) is 0 Å². The summed E-state index contributed by atoms with van der Waals surface area (Å²) < 4.78 is 13.6. The van der Waals surface area contributed by atoms with E-state index in [1.54, 1.807) is 12.1 Å². The van der Waals surface area contributed by atoms with E-state index >= 15 is 0 Å². The van der Waals surface area contributed by atoms with Crippen LogP contribution >= 0.6 is 22.9 Å². The summed E-state index contributed by atoms with van der Waals surface area (Å²) in [6.45, 7) is 0.719. The SMILES string of the molecule is OC(CNCc1cccc(Cl)c1F)c1ccsc1. The van der Waals surface area contributed by atoms with E-state index in [0.717, 1.165) is 5.56 Å². The van der Waals surface area contributed by atoms with Crippen molar-refractivity contribution < 1.29 is 9.50 Å². The van der Waals surface area contributed by atoms with Crippen LogP contribution in [0.3, 0.4) is 0 Å². The number of aliphatic hydroxyl groups is 1. The number of hydrogen-bond donors (Lipinski definition) is 2. The summed E-state index contributed by atoms with van der Waals surface area (Å²) in [5.41, 5.74) is 1.37. The van der Waals surface area contributed by atoms with Gasteiger partial charge in [-0.15, -0.1) is 0 Å². The van der Waals surface area contributed by atoms with Crippen LogP contribution in [0.1, 0.15) is 17.2 Å². The highest BCUT2D eigenvalue weighted by atomic mass is 35.5. The number of thiophene rings is 1. The molecule has 2 N–H and O–H groups in total. The first-order valence-corrected chi connectivity index (χ1v) is 6.84. The molecule has 0 radical (unpaired) electrons. The van der Waals surface area contributed by atoms with Crippen LogP contribution in [0.2, 0.25) is 5.02 Å². The summed E-state index contributed by atoms with van der Waals surface area (Å²) in [5.74, 6) is -0.406. The largest absolute Gasteiger partial charge is 0.387 e. The molecular weight excluding hydrogens is 273 g/mol. The molecule has 1 atom stereocenters. The first-order valence-electron chi connectivity index (χ1n) is 5.52. The number of halogens is 2. The van der Waals surface area contributed by atoms with E-state index in [9.17, 15) is 9.50 Å². The van der Waals surface area contributed by atoms with Crippen LogP contribution in [0.15, 0.2) is 35.0 Å². The molecule has 0 fully saturated rings. The number of benzene rings is 1. The molecule has 96 valence electrons. The molecule has 2 aromatic rings. The zero-order valence-corrected chi connectivity index (χ0v) is 11.1. The molecule has 5 heteroatoms. The third-order valence-corrected chi connectivity index (χ3v) is 3.61. The van der Waals surface area contributed by atoms with E-state index < -0.39 is 11.9 Å². The lowest BCUT2D eigenvalue weighted by atomic mass is 10.2. The van der Waals surface area contributed by atoms with Gasteiger partial charge in [-0.1, -0.05) is 23.7 Å². The van der Waals surface area contributed by atoms with Crippen LogP contribution < -0.4 is 5.32 Å². The van der Waals surface area contributed by atoms with E-state index in [2.05, 4.69) is 5.32 Å². The molecule has 0 saturated heterocycles. The normalized spacial score (nSPS) is 12.6. The highest BCUT2D eigenvalue weighted by Crippen LogP contribution is 2.18. The van der Waals surface area contributed by atoms with E-state index in [1.807, 2.05) is 16.8 Å². The standard InChI is InChI=1S/C13H13ClFNOS/c14-11-3-1-2-9(13(11)15)6-16-7-12(17)10-4-5-18-8-10/h1-5,8,12,16-17H,6-7H2. The Morgan fingerprint density at radius 3 is 2.94 bits per heavy atom. The summed E-state index contributed by atoms with van der Waals surface area (Å²) in [6, 6.07) is 6.76. The van der Waals surface area contributed by atoms with E-state index in [1.165, 1.54) is 17.4 Å². The van der Waals surface area contributed by atoms with Crippen LogP contribution in [-0.2, 0) is 6.54 Å². The van der Waals surface area contributed by atoms with Gasteiger partial charge in [-0.3, -0.25) is 0 Å². The van der Waals surface area contributed by atoms with Crippen molar-refractivity contribution in [1.82, 2.24) is 5.32 Å². The fraction of sp³-hybridized carbons (Fsp3) is 0.231. The molecule has 2 nitrogen and oxygen atoms in total. The van der Waals surface area contributed by atoms with Crippen molar-refractivity contribution in [2.45, 2.75) is 12.6 Å². The second-order valence-electron chi connectivity index (χ2n) is 3.92. The van der Waals surface area contributed by atoms with Gasteiger partial charge in [0.15, 0.2) is 0 Å². The van der Waals surface area contributed by atoms with Gasteiger partial charge >= 0.3 is 0 Å². The van der Waals surface area contributed by atoms with E-state index in [0.29, 0.717) is 18.7 Å². The number of hydrogen-bond acceptors (Lipinski definition) is 3. The van der Waals surface area contributed by atoms with Gasteiger partial charge in [0, 0.05) is 18.7 Å². The first kappa shape index (κ1) is 13.5. The van der Waals surface area contributed by atoms with Crippen LogP contribution in [0, 0.1) is 5.82 Å². The monoisotopic (exact) mass is 285 g/mol. The van der Waals surface area contributed by atoms with Gasteiger partial charge in [-0.25, -0.2) is 4.39 Å². The van der Waals surface area contributed by atoms with E-state index in [-0.39, 0.29) is 5.02 Å². The molecule has 0 aliphatic carbocycles. The second-order valence-corrected chi connectivity index (χ2v) is 5.10. The molecule has 0 bridgehead atoms. The Kier molecular flexibility index (Phi) is 4.72. The maximum Gasteiger partial charge on any atom is 0.146 e. The molecule has 1 heterocycles. The third kappa shape index (κ3) is 3.29. The highest BCUT2D eigenvalue weighted by Gasteiger charge is 2.09. The van der Waals surface area contributed by atoms with Crippen molar-refractivity contribution in [3.8, 4) is 0 Å². The number of aliphatic hydroxyl groups excluding tert-OH is 1. The predicted octanol–water partition coefficient (Wildman–Crippen LogP) is 3.36. The molecule has 0 aliphatic heterocycles. The Labute approximate surface area is 114 Å². The van der Waals surface area contributed by atoms with Crippen molar-refractivity contribution in [3.05, 3.63) is 57.0 Å². The highest BCUT2D eigenvalue weighted by molar-refractivity contribution is 7.07. The average Bonchev–Trinajstić information content (AvgIpc) is 2.88. The van der Waals surface area contributed by atoms with Gasteiger partial charge in [0.05, 0.1) is 11.1 Å². The Morgan fingerprint density at radius 1 is 1.39 bits per heavy atom. The summed E-state index contributed by atoms with van der Waals surface area (Å²) in [4.78, 5) is 0. The van der Waals surface area contributed by atoms with Crippen molar-refractivity contribution in [1.29, 1.82) is 0 Å². The van der Waals surface area contributed by atoms with Crippen LogP contribution in [0.25, 0.3) is 0 Å². The lowest BCUT2D eigenvalue weighted by Gasteiger charge is -2.11. The molecule has 18 heavy (non-hydrogen) atoms. The maximum atomic E-state index is 13.6. The van der Waals surface area contributed by atoms with Crippen molar-refractivity contribution in [2.75, 3.05) is 6.54 Å². The van der Waals surface area contributed by atoms with Gasteiger partial charge < -0.3 is 10.4 Å². The zero-order valence-electron chi connectivity index (χ0n) is 9.57. The minimum Gasteiger partial charge on any atom is -0.387 e. The fourth-order valence-electron chi connectivity index (χ4n) is 1.61. The minimum atomic E-state index is -0.571. The smallest absolute Gasteiger partial charge is 0.146 e. The molecule has 1 aromatic carbocycles. The molecule has 0 spiro atoms. The van der Waals surface area contributed by atoms with Crippen LogP contribution in [-0.4, -0.2) is 11.7 Å². The minimum absolute atomic E-state index is 0.118. The Bertz CT molecular complexity index is 504. The van der Waals surface area contributed by atoms with Crippen molar-refractivity contribution in [3.63, 3.8) is 0 Å². The Morgan fingerprint density at radius 2 is 2.22 bits per heavy atom. The summed E-state index contributed by atoms with van der Waals surface area (Å²) in [5, 5.41) is 16.8. The lowest BCUT2D eigenvalue weighted by Crippen LogP contribution is -2.21. The number of nitrogens with one attached hydrogen (secondary N) is 1. The van der Waals surface area contributed by atoms with Gasteiger partial charge in [-0.05, 0) is 28.5 Å². The third-order valence-electron chi connectivity index (χ3n) is 2.61. The summed E-state index contributed by atoms with van der Waals surface area (Å²) in [6.07, 6.45) is -0.571. The maximum absolute atomic E-state index is 13.6. The average molecular weight is 286 g/mol. The molecule has 0 aliphatic rings. The Hall–Kier alpha value is -0.940. The first-order chi connectivity index (χ1) is 8.68. The predicted molar refractivity (Wildman–Crippen MR) is 72.4 cm³/mol. The molecule has 0 saturated carbocycles. The van der Waals surface area contributed by atoms with Gasteiger partial charge in [0.25, 0.3) is 0 Å². The van der Waals surface area contributed by atoms with Gasteiger partial charge in [0.1, 0.15) is 5.82 Å². The van der Waals surface area contributed by atoms with E-state index in [4.69, 9.17) is 11.6 Å². The summed E-state index contributed by atoms with van der Waals surface area (Å²) >= 11 is 7.22.